The molecule has 3 N–H and O–H groups in total. The van der Waals surface area contributed by atoms with Gasteiger partial charge in [-0.2, -0.15) is 0 Å². The highest BCUT2D eigenvalue weighted by Crippen LogP contribution is 2.30. The van der Waals surface area contributed by atoms with Gasteiger partial charge in [0.1, 0.15) is 0 Å². The summed E-state index contributed by atoms with van der Waals surface area (Å²) in [6.07, 6.45) is 7.78. The van der Waals surface area contributed by atoms with E-state index in [0.29, 0.717) is 6.42 Å². The summed E-state index contributed by atoms with van der Waals surface area (Å²) in [6, 6.07) is 6.25. The predicted octanol–water partition coefficient (Wildman–Crippen LogP) is 3.80. The number of nitrogens with one attached hydrogen (secondary N) is 1. The minimum atomic E-state index is -0.296. The lowest BCUT2D eigenvalue weighted by Gasteiger charge is -2.33. The van der Waals surface area contributed by atoms with Gasteiger partial charge in [0.25, 0.3) is 0 Å². The first-order valence-electron chi connectivity index (χ1n) is 8.27. The van der Waals surface area contributed by atoms with Gasteiger partial charge >= 0.3 is 0 Å². The summed E-state index contributed by atoms with van der Waals surface area (Å²) in [5, 5.41) is 3.13. The molecule has 1 amide bonds. The molecule has 116 valence electrons. The van der Waals surface area contributed by atoms with Crippen molar-refractivity contribution in [3.05, 3.63) is 29.3 Å². The molecule has 0 radical (unpaired) electrons. The third-order valence-corrected chi connectivity index (χ3v) is 4.63. The highest BCUT2D eigenvalue weighted by atomic mass is 16.1. The number of carbonyl (C=O) groups is 1. The zero-order chi connectivity index (χ0) is 15.3. The van der Waals surface area contributed by atoms with Crippen LogP contribution in [0.2, 0.25) is 0 Å². The van der Waals surface area contributed by atoms with Crippen LogP contribution in [0.4, 0.5) is 5.69 Å². The number of aryl methyl sites for hydroxylation is 2. The maximum Gasteiger partial charge on any atom is 0.226 e. The summed E-state index contributed by atoms with van der Waals surface area (Å²) in [7, 11) is 0. The second-order valence-electron chi connectivity index (χ2n) is 6.31. The molecule has 3 nitrogen and oxygen atoms in total. The average Bonchev–Trinajstić information content (AvgIpc) is 2.47. The maximum absolute atomic E-state index is 12.4. The molecule has 1 saturated carbocycles. The van der Waals surface area contributed by atoms with Gasteiger partial charge < -0.3 is 11.1 Å². The summed E-state index contributed by atoms with van der Waals surface area (Å²) in [5.41, 5.74) is 9.52. The minimum absolute atomic E-state index is 0.0648. The van der Waals surface area contributed by atoms with E-state index < -0.39 is 0 Å². The summed E-state index contributed by atoms with van der Waals surface area (Å²) in [5.74, 6) is 0.0648. The summed E-state index contributed by atoms with van der Waals surface area (Å²) in [6.45, 7) is 4.24. The lowest BCUT2D eigenvalue weighted by molar-refractivity contribution is -0.117. The van der Waals surface area contributed by atoms with Gasteiger partial charge in [-0.15, -0.1) is 0 Å². The van der Waals surface area contributed by atoms with E-state index in [1.54, 1.807) is 0 Å². The number of para-hydroxylation sites is 1. The van der Waals surface area contributed by atoms with Gasteiger partial charge in [-0.3, -0.25) is 4.79 Å². The molecule has 0 aliphatic heterocycles. The van der Waals surface area contributed by atoms with Crippen LogP contribution in [0, 0.1) is 0 Å². The molecule has 0 spiro atoms. The Bertz CT molecular complexity index is 468. The van der Waals surface area contributed by atoms with Crippen molar-refractivity contribution in [1.82, 2.24) is 0 Å². The Morgan fingerprint density at radius 2 is 1.71 bits per heavy atom. The van der Waals surface area contributed by atoms with Crippen molar-refractivity contribution in [2.45, 2.75) is 70.8 Å². The van der Waals surface area contributed by atoms with E-state index in [-0.39, 0.29) is 11.4 Å². The highest BCUT2D eigenvalue weighted by Gasteiger charge is 2.30. The molecule has 0 aromatic heterocycles. The molecule has 0 bridgehead atoms. The number of nitrogens with two attached hydrogens (primary N) is 1. The van der Waals surface area contributed by atoms with Crippen LogP contribution in [0.5, 0.6) is 0 Å². The van der Waals surface area contributed by atoms with Crippen molar-refractivity contribution < 1.29 is 4.79 Å². The maximum atomic E-state index is 12.4. The predicted molar refractivity (Wildman–Crippen MR) is 88.4 cm³/mol. The average molecular weight is 288 g/mol. The Morgan fingerprint density at radius 3 is 2.24 bits per heavy atom. The lowest BCUT2D eigenvalue weighted by Crippen LogP contribution is -2.44. The fourth-order valence-electron chi connectivity index (χ4n) is 3.34. The molecule has 1 aromatic rings. The SMILES string of the molecule is CCc1cccc(CC)c1NC(=O)CC1(N)CCCCC1. The van der Waals surface area contributed by atoms with Crippen LogP contribution in [-0.4, -0.2) is 11.4 Å². The molecule has 1 aliphatic rings. The van der Waals surface area contributed by atoms with E-state index in [9.17, 15) is 4.79 Å². The Labute approximate surface area is 128 Å². The zero-order valence-corrected chi connectivity index (χ0v) is 13.4. The topological polar surface area (TPSA) is 55.1 Å². The third-order valence-electron chi connectivity index (χ3n) is 4.63. The normalized spacial score (nSPS) is 17.5. The van der Waals surface area contributed by atoms with Crippen LogP contribution in [0.15, 0.2) is 18.2 Å². The Morgan fingerprint density at radius 1 is 1.14 bits per heavy atom. The fraction of sp³-hybridized carbons (Fsp3) is 0.611. The van der Waals surface area contributed by atoms with Crippen molar-refractivity contribution in [1.29, 1.82) is 0 Å². The molecule has 0 heterocycles. The molecule has 1 aromatic carbocycles. The number of anilines is 1. The monoisotopic (exact) mass is 288 g/mol. The van der Waals surface area contributed by atoms with Gasteiger partial charge in [-0.1, -0.05) is 51.3 Å². The van der Waals surface area contributed by atoms with E-state index in [4.69, 9.17) is 5.73 Å². The van der Waals surface area contributed by atoms with Crippen molar-refractivity contribution in [3.8, 4) is 0 Å². The molecular formula is C18H28N2O. The van der Waals surface area contributed by atoms with E-state index in [2.05, 4.69) is 37.4 Å². The first-order chi connectivity index (χ1) is 10.1. The number of amides is 1. The van der Waals surface area contributed by atoms with Crippen molar-refractivity contribution in [2.75, 3.05) is 5.32 Å². The first-order valence-corrected chi connectivity index (χ1v) is 8.27. The second-order valence-corrected chi connectivity index (χ2v) is 6.31. The van der Waals surface area contributed by atoms with Crippen LogP contribution >= 0.6 is 0 Å². The van der Waals surface area contributed by atoms with Gasteiger partial charge in [0, 0.05) is 17.6 Å². The second kappa shape index (κ2) is 7.08. The van der Waals surface area contributed by atoms with Gasteiger partial charge in [0.15, 0.2) is 0 Å². The minimum Gasteiger partial charge on any atom is -0.326 e. The van der Waals surface area contributed by atoms with Gasteiger partial charge in [0.05, 0.1) is 0 Å². The standard InChI is InChI=1S/C18H28N2O/c1-3-14-9-8-10-15(4-2)17(14)20-16(21)13-18(19)11-6-5-7-12-18/h8-10H,3-7,11-13,19H2,1-2H3,(H,20,21). The number of carbonyl (C=O) groups excluding carboxylic acids is 1. The Kier molecular flexibility index (Phi) is 5.40. The molecule has 0 saturated heterocycles. The van der Waals surface area contributed by atoms with Gasteiger partial charge in [-0.05, 0) is 36.8 Å². The van der Waals surface area contributed by atoms with Crippen molar-refractivity contribution in [2.24, 2.45) is 5.73 Å². The van der Waals surface area contributed by atoms with E-state index in [0.717, 1.165) is 44.2 Å². The first kappa shape index (κ1) is 16.0. The van der Waals surface area contributed by atoms with Crippen molar-refractivity contribution in [3.63, 3.8) is 0 Å². The molecule has 0 unspecified atom stereocenters. The van der Waals surface area contributed by atoms with Crippen molar-refractivity contribution >= 4 is 11.6 Å². The van der Waals surface area contributed by atoms with Crippen LogP contribution < -0.4 is 11.1 Å². The largest absolute Gasteiger partial charge is 0.326 e. The highest BCUT2D eigenvalue weighted by molar-refractivity contribution is 5.93. The number of hydrogen-bond acceptors (Lipinski definition) is 2. The smallest absolute Gasteiger partial charge is 0.226 e. The van der Waals surface area contributed by atoms with E-state index in [1.807, 2.05) is 0 Å². The molecule has 2 rings (SSSR count). The molecule has 0 atom stereocenters. The quantitative estimate of drug-likeness (QED) is 0.866. The van der Waals surface area contributed by atoms with Crippen LogP contribution in [-0.2, 0) is 17.6 Å². The third kappa shape index (κ3) is 4.07. The van der Waals surface area contributed by atoms with Crippen LogP contribution in [0.1, 0.15) is 63.5 Å². The van der Waals surface area contributed by atoms with E-state index >= 15 is 0 Å². The molecule has 1 aliphatic carbocycles. The summed E-state index contributed by atoms with van der Waals surface area (Å²) >= 11 is 0. The zero-order valence-electron chi connectivity index (χ0n) is 13.4. The van der Waals surface area contributed by atoms with Gasteiger partial charge in [-0.25, -0.2) is 0 Å². The lowest BCUT2D eigenvalue weighted by atomic mass is 9.80. The summed E-state index contributed by atoms with van der Waals surface area (Å²) < 4.78 is 0. The molecule has 21 heavy (non-hydrogen) atoms. The van der Waals surface area contributed by atoms with Crippen LogP contribution in [0.25, 0.3) is 0 Å². The van der Waals surface area contributed by atoms with E-state index in [1.165, 1.54) is 17.5 Å². The summed E-state index contributed by atoms with van der Waals surface area (Å²) in [4.78, 5) is 12.4. The molecule has 3 heteroatoms. The van der Waals surface area contributed by atoms with Crippen LogP contribution in [0.3, 0.4) is 0 Å². The Balaban J connectivity index is 2.08. The number of hydrogen-bond donors (Lipinski definition) is 2. The number of rotatable bonds is 5. The fourth-order valence-corrected chi connectivity index (χ4v) is 3.34. The Hall–Kier alpha value is -1.35. The van der Waals surface area contributed by atoms with Gasteiger partial charge in [0.2, 0.25) is 5.91 Å². The molecule has 1 fully saturated rings. The number of benzene rings is 1. The molecular weight excluding hydrogens is 260 g/mol.